The number of sulfonamides is 1. The van der Waals surface area contributed by atoms with Crippen molar-refractivity contribution in [3.05, 3.63) is 76.8 Å². The van der Waals surface area contributed by atoms with Crippen LogP contribution in [0.1, 0.15) is 12.0 Å². The molecule has 9 nitrogen and oxygen atoms in total. The van der Waals surface area contributed by atoms with Gasteiger partial charge in [0.25, 0.3) is 0 Å². The second-order valence-corrected chi connectivity index (χ2v) is 10.7. The number of hydrogen-bond acceptors (Lipinski definition) is 6. The van der Waals surface area contributed by atoms with Gasteiger partial charge in [-0.2, -0.15) is 17.5 Å². The third kappa shape index (κ3) is 5.10. The summed E-state index contributed by atoms with van der Waals surface area (Å²) in [6, 6.07) is 13.1. The van der Waals surface area contributed by atoms with Crippen LogP contribution in [-0.2, 0) is 16.2 Å². The van der Waals surface area contributed by atoms with Crippen molar-refractivity contribution in [1.82, 2.24) is 19.3 Å². The lowest BCUT2D eigenvalue weighted by atomic mass is 10.0. The van der Waals surface area contributed by atoms with Crippen LogP contribution in [0.25, 0.3) is 22.2 Å². The average molecular weight is 534 g/mol. The van der Waals surface area contributed by atoms with E-state index in [2.05, 4.69) is 20.3 Å². The summed E-state index contributed by atoms with van der Waals surface area (Å²) in [5.74, 6) is 0.158. The number of rotatable bonds is 5. The van der Waals surface area contributed by atoms with Gasteiger partial charge in [-0.1, -0.05) is 18.2 Å². The number of piperidine rings is 1. The van der Waals surface area contributed by atoms with Crippen molar-refractivity contribution < 1.29 is 26.7 Å². The summed E-state index contributed by atoms with van der Waals surface area (Å²) in [5, 5.41) is 13.5. The molecule has 0 bridgehead atoms. The van der Waals surface area contributed by atoms with E-state index in [9.17, 15) is 31.5 Å². The van der Waals surface area contributed by atoms with Gasteiger partial charge in [0.15, 0.2) is 0 Å². The quantitative estimate of drug-likeness (QED) is 0.312. The second kappa shape index (κ2) is 9.32. The Morgan fingerprint density at radius 1 is 1.00 bits per heavy atom. The van der Waals surface area contributed by atoms with Crippen LogP contribution in [0.5, 0.6) is 0 Å². The fourth-order valence-corrected chi connectivity index (χ4v) is 5.78. The Hall–Kier alpha value is -3.68. The molecule has 13 heteroatoms. The van der Waals surface area contributed by atoms with E-state index in [0.717, 1.165) is 17.2 Å². The van der Waals surface area contributed by atoms with Gasteiger partial charge in [0.1, 0.15) is 5.82 Å². The van der Waals surface area contributed by atoms with Crippen molar-refractivity contribution in [2.75, 3.05) is 18.4 Å². The number of aromatic nitrogens is 3. The first kappa shape index (κ1) is 25.0. The van der Waals surface area contributed by atoms with Gasteiger partial charge in [0, 0.05) is 19.3 Å². The average Bonchev–Trinajstić information content (AvgIpc) is 3.24. The lowest BCUT2D eigenvalue weighted by molar-refractivity contribution is -0.137. The van der Waals surface area contributed by atoms with Crippen LogP contribution in [0.3, 0.4) is 0 Å². The molecule has 4 N–H and O–H groups in total. The highest BCUT2D eigenvalue weighted by atomic mass is 32.2. The number of halogens is 3. The number of anilines is 1. The molecule has 37 heavy (non-hydrogen) atoms. The van der Waals surface area contributed by atoms with Crippen LogP contribution in [0, 0.1) is 0 Å². The fourth-order valence-electron chi connectivity index (χ4n) is 4.31. The van der Waals surface area contributed by atoms with E-state index in [4.69, 9.17) is 0 Å². The van der Waals surface area contributed by atoms with Crippen LogP contribution >= 0.6 is 0 Å². The monoisotopic (exact) mass is 533 g/mol. The Bertz CT molecular complexity index is 1580. The first-order chi connectivity index (χ1) is 17.5. The zero-order valence-corrected chi connectivity index (χ0v) is 20.0. The number of alkyl halides is 3. The third-order valence-electron chi connectivity index (χ3n) is 6.31. The largest absolute Gasteiger partial charge is 0.417 e. The summed E-state index contributed by atoms with van der Waals surface area (Å²) in [6.07, 6.45) is -4.66. The van der Waals surface area contributed by atoms with Crippen molar-refractivity contribution in [1.29, 1.82) is 0 Å². The number of imidazole rings is 1. The second-order valence-electron chi connectivity index (χ2n) is 8.76. The van der Waals surface area contributed by atoms with Crippen molar-refractivity contribution in [2.24, 2.45) is 0 Å². The Labute approximate surface area is 209 Å². The molecule has 0 aliphatic carbocycles. The summed E-state index contributed by atoms with van der Waals surface area (Å²) in [5.41, 5.74) is 1.66. The van der Waals surface area contributed by atoms with Gasteiger partial charge in [0.2, 0.25) is 10.0 Å². The van der Waals surface area contributed by atoms with Gasteiger partial charge >= 0.3 is 11.9 Å². The lowest BCUT2D eigenvalue weighted by Gasteiger charge is -2.35. The van der Waals surface area contributed by atoms with Crippen LogP contribution in [0.4, 0.5) is 19.0 Å². The Kier molecular flexibility index (Phi) is 6.30. The van der Waals surface area contributed by atoms with E-state index >= 15 is 0 Å². The molecule has 1 aliphatic heterocycles. The molecule has 1 saturated heterocycles. The normalized spacial score (nSPS) is 19.2. The van der Waals surface area contributed by atoms with Gasteiger partial charge < -0.3 is 20.4 Å². The number of nitrogens with zero attached hydrogens (tertiary/aromatic N) is 2. The van der Waals surface area contributed by atoms with Gasteiger partial charge in [-0.25, -0.2) is 18.2 Å². The molecule has 194 valence electrons. The van der Waals surface area contributed by atoms with Crippen molar-refractivity contribution >= 4 is 26.9 Å². The highest BCUT2D eigenvalue weighted by molar-refractivity contribution is 7.89. The number of fused-ring (bicyclic) bond motifs is 1. The van der Waals surface area contributed by atoms with E-state index in [-0.39, 0.29) is 35.9 Å². The van der Waals surface area contributed by atoms with E-state index in [1.165, 1.54) is 22.5 Å². The summed E-state index contributed by atoms with van der Waals surface area (Å²) in [4.78, 5) is 20.6. The standard InChI is InChI=1S/C24H22F3N5O4S/c25-24(26,27)16-4-8-22(28-12-16)29-19-9-10-32(13-21(19)33)37(35,36)17-5-1-14(2-6-17)15-3-7-18-20(11-15)31-23(34)30-18/h1-8,11-12,19,21,33H,9-10,13H2,(H,28,29)(H2,30,31,34)/t19-,21+/m1/s1. The molecular weight excluding hydrogens is 511 g/mol. The number of nitrogens with one attached hydrogen (secondary N) is 3. The molecule has 1 aliphatic rings. The lowest BCUT2D eigenvalue weighted by Crippen LogP contribution is -2.51. The first-order valence-electron chi connectivity index (χ1n) is 11.3. The molecule has 0 amide bonds. The number of aliphatic hydroxyl groups excluding tert-OH is 1. The molecular formula is C24H22F3N5O4S. The first-order valence-corrected chi connectivity index (χ1v) is 12.8. The summed E-state index contributed by atoms with van der Waals surface area (Å²) in [7, 11) is -3.89. The highest BCUT2D eigenvalue weighted by Crippen LogP contribution is 2.30. The molecule has 5 rings (SSSR count). The number of H-pyrrole nitrogens is 2. The van der Waals surface area contributed by atoms with Gasteiger partial charge in [-0.05, 0) is 53.9 Å². The Morgan fingerprint density at radius 3 is 2.35 bits per heavy atom. The molecule has 2 aromatic heterocycles. The molecule has 2 atom stereocenters. The molecule has 2 aromatic carbocycles. The zero-order chi connectivity index (χ0) is 26.4. The maximum absolute atomic E-state index is 13.2. The highest BCUT2D eigenvalue weighted by Gasteiger charge is 2.35. The van der Waals surface area contributed by atoms with Crippen LogP contribution in [0.2, 0.25) is 0 Å². The van der Waals surface area contributed by atoms with E-state index < -0.39 is 33.9 Å². The molecule has 4 aromatic rings. The minimum atomic E-state index is -4.50. The third-order valence-corrected chi connectivity index (χ3v) is 8.19. The van der Waals surface area contributed by atoms with Crippen molar-refractivity contribution in [3.8, 4) is 11.1 Å². The van der Waals surface area contributed by atoms with Crippen molar-refractivity contribution in [3.63, 3.8) is 0 Å². The number of pyridine rings is 1. The molecule has 0 radical (unpaired) electrons. The Morgan fingerprint density at radius 2 is 1.70 bits per heavy atom. The molecule has 0 spiro atoms. The maximum atomic E-state index is 13.2. The number of hydrogen-bond donors (Lipinski definition) is 4. The number of benzene rings is 2. The van der Waals surface area contributed by atoms with Gasteiger partial charge in [-0.15, -0.1) is 0 Å². The van der Waals surface area contributed by atoms with Gasteiger partial charge in [-0.3, -0.25) is 0 Å². The fraction of sp³-hybridized carbons (Fsp3) is 0.250. The molecule has 0 saturated carbocycles. The van der Waals surface area contributed by atoms with E-state index in [0.29, 0.717) is 17.2 Å². The zero-order valence-electron chi connectivity index (χ0n) is 19.2. The molecule has 1 fully saturated rings. The van der Waals surface area contributed by atoms with Crippen LogP contribution < -0.4 is 11.0 Å². The number of aromatic amines is 2. The minimum absolute atomic E-state index is 0.0652. The van der Waals surface area contributed by atoms with Crippen LogP contribution in [0.15, 0.2) is 70.5 Å². The van der Waals surface area contributed by atoms with Crippen molar-refractivity contribution in [2.45, 2.75) is 29.6 Å². The maximum Gasteiger partial charge on any atom is 0.417 e. The summed E-state index contributed by atoms with van der Waals surface area (Å²) in [6.45, 7) is -0.0725. The topological polar surface area (TPSA) is 131 Å². The summed E-state index contributed by atoms with van der Waals surface area (Å²) < 4.78 is 65.7. The number of aliphatic hydroxyl groups is 1. The summed E-state index contributed by atoms with van der Waals surface area (Å²) >= 11 is 0. The van der Waals surface area contributed by atoms with E-state index in [1.807, 2.05) is 6.07 Å². The molecule has 0 unspecified atom stereocenters. The predicted molar refractivity (Wildman–Crippen MR) is 130 cm³/mol. The van der Waals surface area contributed by atoms with Crippen LogP contribution in [-0.4, -0.2) is 58.0 Å². The molecule has 3 heterocycles. The Balaban J connectivity index is 1.26. The smallest absolute Gasteiger partial charge is 0.390 e. The predicted octanol–water partition coefficient (Wildman–Crippen LogP) is 3.17. The van der Waals surface area contributed by atoms with Gasteiger partial charge in [0.05, 0.1) is 33.6 Å². The number of β-amino-alcohol motifs (C(OH)–C–C–N with tert-alkyl or cyclic N) is 1. The van der Waals surface area contributed by atoms with E-state index in [1.54, 1.807) is 24.3 Å². The SMILES string of the molecule is O=c1[nH]c2ccc(-c3ccc(S(=O)(=O)N4CC[C@@H](Nc5ccc(C(F)(F)F)cn5)[C@@H](O)C4)cc3)cc2[nH]1. The minimum Gasteiger partial charge on any atom is -0.390 e.